The van der Waals surface area contributed by atoms with E-state index in [0.717, 1.165) is 56.6 Å². The largest absolute Gasteiger partial charge is 0.461 e. The molecule has 2 aliphatic rings. The highest BCUT2D eigenvalue weighted by atomic mass is 32.1. The molecule has 139 heavy (non-hydrogen) atoms. The zero-order chi connectivity index (χ0) is 107. The molecule has 3 aromatic carbocycles. The third-order valence-electron chi connectivity index (χ3n) is 10.5. The van der Waals surface area contributed by atoms with Crippen LogP contribution in [0.2, 0.25) is 0 Å². The third kappa shape index (κ3) is 135. The molecule has 0 saturated heterocycles. The summed E-state index contributed by atoms with van der Waals surface area (Å²) < 4.78 is 6.14. The minimum atomic E-state index is 0.500. The normalized spacial score (nSPS) is 10.9. The second kappa shape index (κ2) is 75.3. The number of pyridine rings is 3. The lowest BCUT2D eigenvalue weighted by molar-refractivity contribution is 0.469. The first kappa shape index (κ1) is 136. The summed E-state index contributed by atoms with van der Waals surface area (Å²) in [5.41, 5.74) is 15.0. The molecule has 15 aromatic rings. The number of nitrogens with one attached hydrogen (secondary N) is 2. The molecule has 12 aromatic heterocycles. The van der Waals surface area contributed by atoms with Gasteiger partial charge in [0.05, 0.1) is 59.0 Å². The zero-order valence-electron chi connectivity index (χ0n) is 94.6. The van der Waals surface area contributed by atoms with E-state index in [4.69, 9.17) is 4.42 Å². The topological polar surface area (TPSA) is 263 Å². The molecule has 0 amide bonds. The van der Waals surface area contributed by atoms with Gasteiger partial charge in [0.2, 0.25) is 0 Å². The lowest BCUT2D eigenvalue weighted by Crippen LogP contribution is -1.93. The van der Waals surface area contributed by atoms with Gasteiger partial charge >= 0.3 is 0 Å². The summed E-state index contributed by atoms with van der Waals surface area (Å²) in [7, 11) is 0. The first-order chi connectivity index (χ1) is 63.8. The molecule has 0 radical (unpaired) electrons. The molecule has 2 aliphatic heterocycles. The van der Waals surface area contributed by atoms with Crippen LogP contribution in [-0.4, -0.2) is 97.6 Å². The lowest BCUT2D eigenvalue weighted by Gasteiger charge is -2.05. The molecule has 14 heterocycles. The fourth-order valence-corrected chi connectivity index (χ4v) is 7.30. The number of fused-ring (bicyclic) bond motifs is 6. The number of hydrogen-bond donors (Lipinski definition) is 2. The van der Waals surface area contributed by atoms with Crippen LogP contribution in [0.3, 0.4) is 0 Å². The molecule has 766 valence electrons. The first-order valence-electron chi connectivity index (χ1n) is 47.7. The third-order valence-corrected chi connectivity index (χ3v) is 11.3. The molecule has 0 aliphatic carbocycles. The maximum absolute atomic E-state index is 4.99. The van der Waals surface area contributed by atoms with E-state index in [-0.39, 0.29) is 0 Å². The Kier molecular flexibility index (Phi) is 73.5. The molecule has 0 saturated carbocycles. The van der Waals surface area contributed by atoms with E-state index < -0.39 is 0 Å². The summed E-state index contributed by atoms with van der Waals surface area (Å²) in [5.74, 6) is 0. The van der Waals surface area contributed by atoms with E-state index in [1.807, 2.05) is 146 Å². The van der Waals surface area contributed by atoms with E-state index in [0.29, 0.717) is 59.6 Å². The predicted octanol–water partition coefficient (Wildman–Crippen LogP) is 35.2. The van der Waals surface area contributed by atoms with Crippen LogP contribution in [-0.2, 0) is 13.0 Å². The summed E-state index contributed by atoms with van der Waals surface area (Å²) >= 11 is 1.66. The van der Waals surface area contributed by atoms with Crippen molar-refractivity contribution in [2.45, 2.75) is 318 Å². The number of para-hydroxylation sites is 2. The summed E-state index contributed by atoms with van der Waals surface area (Å²) in [6, 6.07) is 47.5. The molecule has 0 fully saturated rings. The molecule has 0 spiro atoms. The van der Waals surface area contributed by atoms with E-state index in [9.17, 15) is 0 Å². The Morgan fingerprint density at radius 1 is 0.302 bits per heavy atom. The monoisotopic (exact) mass is 1920 g/mol. The average Bonchev–Trinajstić information content (AvgIpc) is 1.77. The maximum atomic E-state index is 4.99. The second-order valence-electron chi connectivity index (χ2n) is 49.2. The summed E-state index contributed by atoms with van der Waals surface area (Å²) in [4.78, 5) is 57.2. The smallest absolute Gasteiger partial charge is 0.170 e. The van der Waals surface area contributed by atoms with Crippen molar-refractivity contribution >= 4 is 72.6 Å². The van der Waals surface area contributed by atoms with Crippen molar-refractivity contribution in [2.24, 2.45) is 69.5 Å². The Bertz CT molecular complexity index is 4220. The van der Waals surface area contributed by atoms with Crippen LogP contribution in [0.15, 0.2) is 302 Å². The predicted molar refractivity (Wildman–Crippen MR) is 606 cm³/mol. The minimum Gasteiger partial charge on any atom is -0.461 e. The number of thiophene rings is 1. The standard InChI is InChI=1S/2C8H7N.C7H6N2.C6H5N3.C6H4N2O.C6H4N2S.3C5H5N.11C5H12.C4H4N2.C3H3N3/c1-2-4-8-6-9-5-7(8)3-1;1-2-4-8-7(3-1)5-6-9-8;1-2-4-7-6(3-1)5-8-9-7;1-2-8-6-3-7-4-9-5(1)6;2*1-2-9-6-3-7-4-8-5(1)6;3*1-2-4-6-5-3-1;11*1-5(2,3)4;1-2-6-4-3-5-1;1-2-5-6-3-4-1/h1-5H,6H2;1-6,9H;1-5H,(H,8,9);2-4H,1H2;2*1-4H;3*1-5H;11*1-4H3;1-4H;1-3H. The van der Waals surface area contributed by atoms with Gasteiger partial charge in [0.15, 0.2) is 5.58 Å². The SMILES string of the molecule is C1=NCc2ccccc21.C1=Nc2cncnc2C1.CC(C)(C)C.CC(C)(C)C.CC(C)(C)C.CC(C)(C)C.CC(C)(C)C.CC(C)(C)C.CC(C)(C)C.CC(C)(C)C.CC(C)(C)C.CC(C)(C)C.CC(C)(C)C.c1ccc2[nH]ccc2c1.c1ccc2[nH]ncc2c1.c1ccncc1.c1ccncc1.c1ccncc1.c1cnccn1.c1cnncn1.c1ncc2occc2n1.c1ncc2sccc2n1. The van der Waals surface area contributed by atoms with E-state index in [2.05, 4.69) is 430 Å². The van der Waals surface area contributed by atoms with Gasteiger partial charge in [-0.05, 0) is 142 Å². The molecular weight excluding hydrogens is 1730 g/mol. The number of aliphatic imine (C=N–C) groups is 2. The van der Waals surface area contributed by atoms with Gasteiger partial charge in [-0.1, -0.05) is 384 Å². The van der Waals surface area contributed by atoms with Crippen molar-refractivity contribution in [3.8, 4) is 0 Å². The molecule has 0 bridgehead atoms. The number of aromatic nitrogens is 17. The Hall–Kier alpha value is -11.7. The maximum Gasteiger partial charge on any atom is 0.170 e. The van der Waals surface area contributed by atoms with Crippen LogP contribution < -0.4 is 0 Å². The Morgan fingerprint density at radius 3 is 1.02 bits per heavy atom. The molecular formula is C118H187N19OS. The Balaban J connectivity index is -0.000000454. The molecule has 0 atom stereocenters. The van der Waals surface area contributed by atoms with Gasteiger partial charge < -0.3 is 9.40 Å². The number of H-pyrrole nitrogens is 2. The van der Waals surface area contributed by atoms with Gasteiger partial charge in [-0.15, -0.1) is 16.4 Å². The quantitative estimate of drug-likeness (QED) is 0.143. The van der Waals surface area contributed by atoms with E-state index in [1.54, 1.807) is 117 Å². The molecule has 17 rings (SSSR count). The highest BCUT2D eigenvalue weighted by Crippen LogP contribution is 2.21. The van der Waals surface area contributed by atoms with Gasteiger partial charge in [-0.3, -0.25) is 40.0 Å². The van der Waals surface area contributed by atoms with Gasteiger partial charge in [-0.2, -0.15) is 10.2 Å². The number of hydrogen-bond acceptors (Lipinski definition) is 19. The number of aromatic amines is 2. The molecule has 20 nitrogen and oxygen atoms in total. The highest BCUT2D eigenvalue weighted by Gasteiger charge is 2.07. The number of benzene rings is 3. The summed E-state index contributed by atoms with van der Waals surface area (Å²) in [6.07, 6.45) is 41.3. The fourth-order valence-electron chi connectivity index (χ4n) is 6.59. The first-order valence-corrected chi connectivity index (χ1v) is 48.6. The van der Waals surface area contributed by atoms with Gasteiger partial charge in [-0.25, -0.2) is 34.9 Å². The van der Waals surface area contributed by atoms with Crippen LogP contribution >= 0.6 is 11.3 Å². The van der Waals surface area contributed by atoms with Crippen molar-refractivity contribution in [3.63, 3.8) is 0 Å². The number of nitrogens with zero attached hydrogens (tertiary/aromatic N) is 17. The van der Waals surface area contributed by atoms with Crippen LogP contribution in [0.25, 0.3) is 43.1 Å². The van der Waals surface area contributed by atoms with Crippen LogP contribution in [0.4, 0.5) is 5.69 Å². The molecule has 0 unspecified atom stereocenters. The summed E-state index contributed by atoms with van der Waals surface area (Å²) in [6.45, 7) is 97.1. The number of rotatable bonds is 0. The van der Waals surface area contributed by atoms with Gasteiger partial charge in [0.1, 0.15) is 36.5 Å². The van der Waals surface area contributed by atoms with E-state index >= 15 is 0 Å². The van der Waals surface area contributed by atoms with Crippen LogP contribution in [0.5, 0.6) is 0 Å². The van der Waals surface area contributed by atoms with Crippen LogP contribution in [0.1, 0.15) is 321 Å². The number of furan rings is 1. The van der Waals surface area contributed by atoms with Crippen LogP contribution in [0, 0.1) is 59.6 Å². The van der Waals surface area contributed by atoms with Gasteiger partial charge in [0.25, 0.3) is 0 Å². The molecule has 21 heteroatoms. The van der Waals surface area contributed by atoms with Gasteiger partial charge in [0, 0.05) is 116 Å². The minimum absolute atomic E-state index is 0.500. The Labute approximate surface area is 848 Å². The van der Waals surface area contributed by atoms with Crippen molar-refractivity contribution in [1.82, 2.24) is 85.2 Å². The van der Waals surface area contributed by atoms with E-state index in [1.165, 1.54) is 40.9 Å². The average molecular weight is 1920 g/mol. The van der Waals surface area contributed by atoms with Crippen molar-refractivity contribution in [2.75, 3.05) is 0 Å². The fraction of sp³-hybridized carbons (Fsp3) is 0.483. The second-order valence-corrected chi connectivity index (χ2v) is 50.2. The summed E-state index contributed by atoms with van der Waals surface area (Å²) in [5, 5.41) is 18.1. The van der Waals surface area contributed by atoms with Crippen molar-refractivity contribution < 1.29 is 4.42 Å². The zero-order valence-corrected chi connectivity index (χ0v) is 95.4. The lowest BCUT2D eigenvalue weighted by atomic mass is 10.0. The Morgan fingerprint density at radius 2 is 0.676 bits per heavy atom. The highest BCUT2D eigenvalue weighted by molar-refractivity contribution is 7.17. The van der Waals surface area contributed by atoms with Crippen molar-refractivity contribution in [1.29, 1.82) is 0 Å². The van der Waals surface area contributed by atoms with Crippen molar-refractivity contribution in [3.05, 3.63) is 305 Å². The molecule has 2 N–H and O–H groups in total.